The molecule has 24 heavy (non-hydrogen) atoms. The lowest BCUT2D eigenvalue weighted by Gasteiger charge is -2.16. The molecular formula is C17H17F3N2O2. The molecule has 0 bridgehead atoms. The number of nitrogens with zero attached hydrogens (tertiary/aromatic N) is 1. The maximum atomic E-state index is 12.7. The number of halogens is 3. The standard InChI is InChI=1S/C17H17F3N2O2/c1-11-5-7-13(8-6-11)12(2)21-15(23)10-22-9-3-4-14(16(22)24)17(18,19)20/h3-9,12H,10H2,1-2H3,(H,21,23). The van der Waals surface area contributed by atoms with Gasteiger partial charge in [-0.2, -0.15) is 13.2 Å². The van der Waals surface area contributed by atoms with E-state index in [2.05, 4.69) is 5.32 Å². The summed E-state index contributed by atoms with van der Waals surface area (Å²) in [4.78, 5) is 23.8. The van der Waals surface area contributed by atoms with E-state index in [0.29, 0.717) is 6.07 Å². The molecule has 1 aromatic carbocycles. The summed E-state index contributed by atoms with van der Waals surface area (Å²) < 4.78 is 38.9. The van der Waals surface area contributed by atoms with Crippen molar-refractivity contribution in [1.82, 2.24) is 9.88 Å². The second-order valence-electron chi connectivity index (χ2n) is 5.55. The van der Waals surface area contributed by atoms with Crippen LogP contribution in [-0.4, -0.2) is 10.5 Å². The van der Waals surface area contributed by atoms with E-state index in [9.17, 15) is 22.8 Å². The summed E-state index contributed by atoms with van der Waals surface area (Å²) >= 11 is 0. The number of carbonyl (C=O) groups excluding carboxylic acids is 1. The highest BCUT2D eigenvalue weighted by atomic mass is 19.4. The molecule has 128 valence electrons. The van der Waals surface area contributed by atoms with Gasteiger partial charge in [-0.3, -0.25) is 9.59 Å². The van der Waals surface area contributed by atoms with Crippen LogP contribution < -0.4 is 10.9 Å². The van der Waals surface area contributed by atoms with Gasteiger partial charge in [0, 0.05) is 6.20 Å². The van der Waals surface area contributed by atoms with E-state index in [4.69, 9.17) is 0 Å². The van der Waals surface area contributed by atoms with Crippen molar-refractivity contribution in [3.63, 3.8) is 0 Å². The summed E-state index contributed by atoms with van der Waals surface area (Å²) in [6, 6.07) is 8.99. The fraction of sp³-hybridized carbons (Fsp3) is 0.294. The Morgan fingerprint density at radius 2 is 1.83 bits per heavy atom. The van der Waals surface area contributed by atoms with Crippen LogP contribution in [0.3, 0.4) is 0 Å². The van der Waals surface area contributed by atoms with Crippen molar-refractivity contribution >= 4 is 5.91 Å². The minimum absolute atomic E-state index is 0.320. The van der Waals surface area contributed by atoms with E-state index >= 15 is 0 Å². The first-order chi connectivity index (χ1) is 11.2. The topological polar surface area (TPSA) is 51.1 Å². The number of aromatic nitrogens is 1. The molecule has 4 nitrogen and oxygen atoms in total. The molecule has 1 aromatic heterocycles. The highest BCUT2D eigenvalue weighted by Crippen LogP contribution is 2.25. The number of carbonyl (C=O) groups is 1. The lowest BCUT2D eigenvalue weighted by molar-refractivity contribution is -0.139. The molecule has 1 N–H and O–H groups in total. The maximum Gasteiger partial charge on any atom is 0.421 e. The van der Waals surface area contributed by atoms with Gasteiger partial charge >= 0.3 is 6.18 Å². The monoisotopic (exact) mass is 338 g/mol. The van der Waals surface area contributed by atoms with Crippen LogP contribution in [0.25, 0.3) is 0 Å². The van der Waals surface area contributed by atoms with Crippen molar-refractivity contribution < 1.29 is 18.0 Å². The number of alkyl halides is 3. The Bertz CT molecular complexity index is 780. The molecule has 2 aromatic rings. The molecule has 1 heterocycles. The Balaban J connectivity index is 2.10. The number of nitrogens with one attached hydrogen (secondary N) is 1. The molecule has 0 aliphatic carbocycles. The predicted octanol–water partition coefficient (Wildman–Crippen LogP) is 3.05. The van der Waals surface area contributed by atoms with Gasteiger partial charge in [0.05, 0.1) is 6.04 Å². The van der Waals surface area contributed by atoms with Crippen molar-refractivity contribution in [3.05, 3.63) is 69.6 Å². The third-order valence-corrected chi connectivity index (χ3v) is 3.59. The van der Waals surface area contributed by atoms with Crippen molar-refractivity contribution in [2.45, 2.75) is 32.6 Å². The minimum atomic E-state index is -4.74. The average molecular weight is 338 g/mol. The van der Waals surface area contributed by atoms with Crippen molar-refractivity contribution in [3.8, 4) is 0 Å². The van der Waals surface area contributed by atoms with Gasteiger partial charge in [-0.15, -0.1) is 0 Å². The summed E-state index contributed by atoms with van der Waals surface area (Å²) in [6.07, 6.45) is -3.58. The lowest BCUT2D eigenvalue weighted by atomic mass is 10.1. The summed E-state index contributed by atoms with van der Waals surface area (Å²) in [6.45, 7) is 3.23. The summed E-state index contributed by atoms with van der Waals surface area (Å²) in [5, 5.41) is 2.67. The molecule has 0 spiro atoms. The Morgan fingerprint density at radius 1 is 1.21 bits per heavy atom. The third-order valence-electron chi connectivity index (χ3n) is 3.59. The molecule has 1 unspecified atom stereocenters. The molecule has 0 radical (unpaired) electrons. The lowest BCUT2D eigenvalue weighted by Crippen LogP contribution is -2.35. The Morgan fingerprint density at radius 3 is 2.42 bits per heavy atom. The van der Waals surface area contributed by atoms with Gasteiger partial charge in [0.1, 0.15) is 12.1 Å². The number of hydrogen-bond donors (Lipinski definition) is 1. The largest absolute Gasteiger partial charge is 0.421 e. The van der Waals surface area contributed by atoms with Gasteiger partial charge in [0.15, 0.2) is 0 Å². The molecule has 0 saturated heterocycles. The number of hydrogen-bond acceptors (Lipinski definition) is 2. The van der Waals surface area contributed by atoms with Gasteiger partial charge < -0.3 is 9.88 Å². The summed E-state index contributed by atoms with van der Waals surface area (Å²) in [7, 11) is 0. The fourth-order valence-corrected chi connectivity index (χ4v) is 2.26. The van der Waals surface area contributed by atoms with E-state index in [1.165, 1.54) is 0 Å². The SMILES string of the molecule is Cc1ccc(C(C)NC(=O)Cn2cccc(C(F)(F)F)c2=O)cc1. The first kappa shape index (κ1) is 17.8. The van der Waals surface area contributed by atoms with Crippen LogP contribution in [0.2, 0.25) is 0 Å². The molecule has 0 aliphatic heterocycles. The molecular weight excluding hydrogens is 321 g/mol. The van der Waals surface area contributed by atoms with E-state index < -0.39 is 29.8 Å². The zero-order valence-corrected chi connectivity index (χ0v) is 13.2. The fourth-order valence-electron chi connectivity index (χ4n) is 2.26. The Hall–Kier alpha value is -2.57. The van der Waals surface area contributed by atoms with Gasteiger partial charge in [0.25, 0.3) is 5.56 Å². The van der Waals surface area contributed by atoms with Gasteiger partial charge in [0.2, 0.25) is 5.91 Å². The van der Waals surface area contributed by atoms with Crippen molar-refractivity contribution in [1.29, 1.82) is 0 Å². The highest BCUT2D eigenvalue weighted by Gasteiger charge is 2.34. The van der Waals surface area contributed by atoms with E-state index in [1.54, 1.807) is 6.92 Å². The van der Waals surface area contributed by atoms with Gasteiger partial charge in [-0.25, -0.2) is 0 Å². The number of amides is 1. The second kappa shape index (κ2) is 6.90. The van der Waals surface area contributed by atoms with Crippen LogP contribution >= 0.6 is 0 Å². The first-order valence-corrected chi connectivity index (χ1v) is 7.31. The number of aryl methyl sites for hydroxylation is 1. The third kappa shape index (κ3) is 4.24. The quantitative estimate of drug-likeness (QED) is 0.931. The summed E-state index contributed by atoms with van der Waals surface area (Å²) in [5.74, 6) is -0.538. The Kier molecular flexibility index (Phi) is 5.11. The average Bonchev–Trinajstić information content (AvgIpc) is 2.48. The number of rotatable bonds is 4. The van der Waals surface area contributed by atoms with E-state index in [-0.39, 0.29) is 6.04 Å². The predicted molar refractivity (Wildman–Crippen MR) is 83.4 cm³/mol. The number of pyridine rings is 1. The van der Waals surface area contributed by atoms with Gasteiger partial charge in [-0.1, -0.05) is 29.8 Å². The molecule has 0 fully saturated rings. The zero-order chi connectivity index (χ0) is 17.9. The molecule has 0 aliphatic rings. The zero-order valence-electron chi connectivity index (χ0n) is 13.2. The normalized spacial score (nSPS) is 12.7. The molecule has 2 rings (SSSR count). The van der Waals surface area contributed by atoms with E-state index in [1.807, 2.05) is 31.2 Å². The first-order valence-electron chi connectivity index (χ1n) is 7.31. The molecule has 0 saturated carbocycles. The van der Waals surface area contributed by atoms with Crippen LogP contribution in [0, 0.1) is 6.92 Å². The van der Waals surface area contributed by atoms with Gasteiger partial charge in [-0.05, 0) is 31.5 Å². The van der Waals surface area contributed by atoms with Crippen molar-refractivity contribution in [2.75, 3.05) is 0 Å². The molecule has 1 amide bonds. The maximum absolute atomic E-state index is 12.7. The van der Waals surface area contributed by atoms with Crippen LogP contribution in [0.15, 0.2) is 47.4 Å². The Labute approximate surface area is 136 Å². The number of benzene rings is 1. The molecule has 7 heteroatoms. The highest BCUT2D eigenvalue weighted by molar-refractivity contribution is 5.76. The van der Waals surface area contributed by atoms with E-state index in [0.717, 1.165) is 28.0 Å². The second-order valence-corrected chi connectivity index (χ2v) is 5.55. The van der Waals surface area contributed by atoms with Crippen LogP contribution in [0.4, 0.5) is 13.2 Å². The minimum Gasteiger partial charge on any atom is -0.348 e. The summed E-state index contributed by atoms with van der Waals surface area (Å²) in [5.41, 5.74) is -0.578. The van der Waals surface area contributed by atoms with Crippen LogP contribution in [0.1, 0.15) is 29.7 Å². The van der Waals surface area contributed by atoms with Crippen LogP contribution in [-0.2, 0) is 17.5 Å². The smallest absolute Gasteiger partial charge is 0.348 e. The van der Waals surface area contributed by atoms with Crippen molar-refractivity contribution in [2.24, 2.45) is 0 Å². The van der Waals surface area contributed by atoms with Crippen LogP contribution in [0.5, 0.6) is 0 Å². The molecule has 1 atom stereocenters.